The Morgan fingerprint density at radius 1 is 1.41 bits per heavy atom. The lowest BCUT2D eigenvalue weighted by Crippen LogP contribution is -2.02. The van der Waals surface area contributed by atoms with E-state index in [1.165, 1.54) is 18.9 Å². The van der Waals surface area contributed by atoms with Crippen LogP contribution in [0.1, 0.15) is 22.3 Å². The van der Waals surface area contributed by atoms with Crippen molar-refractivity contribution < 1.29 is 19.4 Å². The van der Waals surface area contributed by atoms with E-state index >= 15 is 0 Å². The van der Waals surface area contributed by atoms with Gasteiger partial charge in [-0.1, -0.05) is 6.07 Å². The van der Waals surface area contributed by atoms with Gasteiger partial charge in [0.15, 0.2) is 0 Å². The third kappa shape index (κ3) is 4.11. The number of carboxylic acids is 1. The van der Waals surface area contributed by atoms with Crippen LogP contribution < -0.4 is 0 Å². The summed E-state index contributed by atoms with van der Waals surface area (Å²) in [7, 11) is 1.35. The number of carbonyl (C=O) groups is 2. The van der Waals surface area contributed by atoms with Gasteiger partial charge in [-0.15, -0.1) is 11.8 Å². The number of ether oxygens (including phenoxy) is 1. The first-order valence-corrected chi connectivity index (χ1v) is 6.06. The smallest absolute Gasteiger partial charge is 0.335 e. The third-order valence-electron chi connectivity index (χ3n) is 2.24. The molecule has 0 aliphatic rings. The minimum atomic E-state index is -0.932. The normalized spacial score (nSPS) is 10.0. The van der Waals surface area contributed by atoms with E-state index in [0.717, 1.165) is 10.5 Å². The Morgan fingerprint density at radius 3 is 2.71 bits per heavy atom. The standard InChI is InChI=1S/C12H14O4S/c1-8-3-4-9(7-10(8)12(14)15)17-6-5-11(13)16-2/h3-4,7H,5-6H2,1-2H3,(H,14,15). The van der Waals surface area contributed by atoms with Gasteiger partial charge in [-0.2, -0.15) is 0 Å². The van der Waals surface area contributed by atoms with E-state index in [4.69, 9.17) is 5.11 Å². The van der Waals surface area contributed by atoms with Crippen LogP contribution in [-0.4, -0.2) is 29.9 Å². The van der Waals surface area contributed by atoms with Gasteiger partial charge in [-0.25, -0.2) is 4.79 Å². The van der Waals surface area contributed by atoms with Gasteiger partial charge in [0.05, 0.1) is 19.1 Å². The van der Waals surface area contributed by atoms with Gasteiger partial charge in [0, 0.05) is 10.6 Å². The van der Waals surface area contributed by atoms with Gasteiger partial charge in [-0.05, 0) is 24.6 Å². The van der Waals surface area contributed by atoms with E-state index < -0.39 is 5.97 Å². The number of hydrogen-bond donors (Lipinski definition) is 1. The van der Waals surface area contributed by atoms with Gasteiger partial charge >= 0.3 is 11.9 Å². The molecule has 0 atom stereocenters. The van der Waals surface area contributed by atoms with Gasteiger partial charge in [0.1, 0.15) is 0 Å². The molecule has 5 heteroatoms. The number of hydrogen-bond acceptors (Lipinski definition) is 4. The van der Waals surface area contributed by atoms with Crippen molar-refractivity contribution in [2.24, 2.45) is 0 Å². The number of carbonyl (C=O) groups excluding carboxylic acids is 1. The summed E-state index contributed by atoms with van der Waals surface area (Å²) in [5.41, 5.74) is 1.03. The second-order valence-corrected chi connectivity index (χ2v) is 4.62. The Labute approximate surface area is 104 Å². The van der Waals surface area contributed by atoms with Crippen LogP contribution in [0.4, 0.5) is 0 Å². The van der Waals surface area contributed by atoms with Gasteiger partial charge in [0.2, 0.25) is 0 Å². The van der Waals surface area contributed by atoms with Crippen LogP contribution >= 0.6 is 11.8 Å². The Hall–Kier alpha value is -1.49. The molecule has 0 saturated heterocycles. The van der Waals surface area contributed by atoms with Crippen LogP contribution in [0.2, 0.25) is 0 Å². The van der Waals surface area contributed by atoms with Crippen molar-refractivity contribution in [3.05, 3.63) is 29.3 Å². The number of thioether (sulfide) groups is 1. The number of methoxy groups -OCH3 is 1. The lowest BCUT2D eigenvalue weighted by atomic mass is 10.1. The zero-order valence-corrected chi connectivity index (χ0v) is 10.5. The fourth-order valence-electron chi connectivity index (χ4n) is 1.28. The molecule has 0 aliphatic carbocycles. The molecule has 0 aliphatic heterocycles. The highest BCUT2D eigenvalue weighted by Gasteiger charge is 2.08. The molecule has 0 amide bonds. The van der Waals surface area contributed by atoms with Crippen molar-refractivity contribution in [3.63, 3.8) is 0 Å². The van der Waals surface area contributed by atoms with Crippen LogP contribution in [0.15, 0.2) is 23.1 Å². The van der Waals surface area contributed by atoms with Crippen LogP contribution in [0.5, 0.6) is 0 Å². The molecule has 0 aromatic heterocycles. The van der Waals surface area contributed by atoms with E-state index in [1.807, 2.05) is 6.07 Å². The molecule has 4 nitrogen and oxygen atoms in total. The fraction of sp³-hybridized carbons (Fsp3) is 0.333. The number of benzene rings is 1. The molecule has 17 heavy (non-hydrogen) atoms. The summed E-state index contributed by atoms with van der Waals surface area (Å²) >= 11 is 1.44. The molecule has 0 spiro atoms. The van der Waals surface area contributed by atoms with E-state index in [2.05, 4.69) is 4.74 Å². The lowest BCUT2D eigenvalue weighted by molar-refractivity contribution is -0.140. The predicted octanol–water partition coefficient (Wildman–Crippen LogP) is 2.35. The van der Waals surface area contributed by atoms with Crippen LogP contribution in [0.3, 0.4) is 0 Å². The first kappa shape index (κ1) is 13.6. The average Bonchev–Trinajstić information content (AvgIpc) is 2.30. The minimum Gasteiger partial charge on any atom is -0.478 e. The number of rotatable bonds is 5. The quantitative estimate of drug-likeness (QED) is 0.645. The maximum Gasteiger partial charge on any atom is 0.335 e. The molecule has 0 fully saturated rings. The summed E-state index contributed by atoms with van der Waals surface area (Å²) in [5, 5.41) is 8.96. The summed E-state index contributed by atoms with van der Waals surface area (Å²) in [6.07, 6.45) is 0.317. The largest absolute Gasteiger partial charge is 0.478 e. The molecule has 1 N–H and O–H groups in total. The molecule has 0 heterocycles. The van der Waals surface area contributed by atoms with E-state index in [-0.39, 0.29) is 5.97 Å². The van der Waals surface area contributed by atoms with Crippen LogP contribution in [0.25, 0.3) is 0 Å². The van der Waals surface area contributed by atoms with Crippen molar-refractivity contribution in [3.8, 4) is 0 Å². The number of aryl methyl sites for hydroxylation is 1. The van der Waals surface area contributed by atoms with Crippen molar-refractivity contribution in [1.82, 2.24) is 0 Å². The molecule has 0 unspecified atom stereocenters. The maximum atomic E-state index is 10.9. The topological polar surface area (TPSA) is 63.6 Å². The van der Waals surface area contributed by atoms with Crippen molar-refractivity contribution in [1.29, 1.82) is 0 Å². The Bertz CT molecular complexity index is 429. The van der Waals surface area contributed by atoms with E-state index in [1.54, 1.807) is 19.1 Å². The molecular weight excluding hydrogens is 240 g/mol. The zero-order chi connectivity index (χ0) is 12.8. The van der Waals surface area contributed by atoms with E-state index in [0.29, 0.717) is 17.7 Å². The van der Waals surface area contributed by atoms with Gasteiger partial charge in [0.25, 0.3) is 0 Å². The fourth-order valence-corrected chi connectivity index (χ4v) is 2.15. The molecule has 0 bridgehead atoms. The molecule has 1 rings (SSSR count). The highest BCUT2D eigenvalue weighted by Crippen LogP contribution is 2.22. The Kier molecular flexibility index (Phi) is 5.03. The summed E-state index contributed by atoms with van der Waals surface area (Å²) < 4.78 is 4.52. The first-order valence-electron chi connectivity index (χ1n) is 5.08. The summed E-state index contributed by atoms with van der Waals surface area (Å²) in [6.45, 7) is 1.76. The molecule has 1 aromatic rings. The van der Waals surface area contributed by atoms with E-state index in [9.17, 15) is 9.59 Å². The summed E-state index contributed by atoms with van der Waals surface area (Å²) in [5.74, 6) is -0.615. The van der Waals surface area contributed by atoms with Crippen molar-refractivity contribution in [2.45, 2.75) is 18.2 Å². The molecule has 92 valence electrons. The predicted molar refractivity (Wildman–Crippen MR) is 65.5 cm³/mol. The third-order valence-corrected chi connectivity index (χ3v) is 3.24. The Morgan fingerprint density at radius 2 is 2.12 bits per heavy atom. The maximum absolute atomic E-state index is 10.9. The molecule has 0 radical (unpaired) electrons. The number of esters is 1. The molecular formula is C12H14O4S. The van der Waals surface area contributed by atoms with Crippen LogP contribution in [-0.2, 0) is 9.53 Å². The number of aromatic carboxylic acids is 1. The SMILES string of the molecule is COC(=O)CCSc1ccc(C)c(C(=O)O)c1. The first-order chi connectivity index (χ1) is 8.04. The highest BCUT2D eigenvalue weighted by atomic mass is 32.2. The Balaban J connectivity index is 2.63. The minimum absolute atomic E-state index is 0.261. The lowest BCUT2D eigenvalue weighted by Gasteiger charge is -2.05. The van der Waals surface area contributed by atoms with Gasteiger partial charge in [-0.3, -0.25) is 4.79 Å². The van der Waals surface area contributed by atoms with Crippen molar-refractivity contribution in [2.75, 3.05) is 12.9 Å². The number of carboxylic acid groups (broad SMARTS) is 1. The van der Waals surface area contributed by atoms with Crippen molar-refractivity contribution >= 4 is 23.7 Å². The zero-order valence-electron chi connectivity index (χ0n) is 9.73. The van der Waals surface area contributed by atoms with Gasteiger partial charge < -0.3 is 9.84 Å². The average molecular weight is 254 g/mol. The van der Waals surface area contributed by atoms with Crippen LogP contribution in [0, 0.1) is 6.92 Å². The second-order valence-electron chi connectivity index (χ2n) is 3.46. The summed E-state index contributed by atoms with van der Waals surface area (Å²) in [4.78, 5) is 22.7. The monoisotopic (exact) mass is 254 g/mol. The highest BCUT2D eigenvalue weighted by molar-refractivity contribution is 7.99. The molecule has 0 saturated carbocycles. The molecule has 1 aromatic carbocycles. The summed E-state index contributed by atoms with van der Waals surface area (Å²) in [6, 6.07) is 5.24. The second kappa shape index (κ2) is 6.30.